The third-order valence-electron chi connectivity index (χ3n) is 2.99. The number of nitrogens with two attached hydrogens (primary N) is 2. The lowest BCUT2D eigenvalue weighted by Gasteiger charge is -2.22. The summed E-state index contributed by atoms with van der Waals surface area (Å²) in [5.74, 6) is 0.119. The van der Waals surface area contributed by atoms with Gasteiger partial charge in [0.25, 0.3) is 0 Å². The van der Waals surface area contributed by atoms with Gasteiger partial charge in [0.05, 0.1) is 5.25 Å². The molecule has 0 fully saturated rings. The second kappa shape index (κ2) is 5.51. The molecule has 0 aliphatic rings. The Hall–Kier alpha value is -1.07. The maximum atomic E-state index is 11.9. The van der Waals surface area contributed by atoms with Crippen LogP contribution in [-0.4, -0.2) is 19.4 Å². The maximum Gasteiger partial charge on any atom is 0.154 e. The van der Waals surface area contributed by atoms with E-state index in [2.05, 4.69) is 0 Å². The molecule has 1 aromatic rings. The molecule has 0 amide bonds. The van der Waals surface area contributed by atoms with Crippen LogP contribution in [0.3, 0.4) is 0 Å². The van der Waals surface area contributed by atoms with E-state index < -0.39 is 21.1 Å². The van der Waals surface area contributed by atoms with Crippen LogP contribution in [0.1, 0.15) is 31.9 Å². The van der Waals surface area contributed by atoms with Crippen LogP contribution in [0.2, 0.25) is 0 Å². The third kappa shape index (κ3) is 3.20. The first-order chi connectivity index (χ1) is 7.92. The molecule has 1 aromatic carbocycles. The summed E-state index contributed by atoms with van der Waals surface area (Å²) in [6.07, 6.45) is 0.516. The van der Waals surface area contributed by atoms with E-state index in [9.17, 15) is 8.42 Å². The van der Waals surface area contributed by atoms with Gasteiger partial charge in [-0.2, -0.15) is 0 Å². The monoisotopic (exact) mass is 256 g/mol. The van der Waals surface area contributed by atoms with Gasteiger partial charge in [-0.25, -0.2) is 8.42 Å². The van der Waals surface area contributed by atoms with Crippen molar-refractivity contribution < 1.29 is 8.42 Å². The van der Waals surface area contributed by atoms with Crippen molar-refractivity contribution in [3.63, 3.8) is 0 Å². The van der Waals surface area contributed by atoms with E-state index in [0.717, 1.165) is 5.56 Å². The maximum absolute atomic E-state index is 11.9. The molecule has 0 saturated carbocycles. The van der Waals surface area contributed by atoms with Gasteiger partial charge in [-0.05, 0) is 24.1 Å². The number of hydrogen-bond acceptors (Lipinski definition) is 4. The van der Waals surface area contributed by atoms with Gasteiger partial charge in [-0.1, -0.05) is 26.0 Å². The van der Waals surface area contributed by atoms with Crippen LogP contribution in [-0.2, 0) is 9.84 Å². The topological polar surface area (TPSA) is 86.2 Å². The van der Waals surface area contributed by atoms with Gasteiger partial charge >= 0.3 is 0 Å². The molecule has 4 N–H and O–H groups in total. The Morgan fingerprint density at radius 3 is 2.12 bits per heavy atom. The highest BCUT2D eigenvalue weighted by molar-refractivity contribution is 7.92. The Balaban J connectivity index is 3.02. The summed E-state index contributed by atoms with van der Waals surface area (Å²) >= 11 is 0. The molecule has 0 heterocycles. The van der Waals surface area contributed by atoms with Gasteiger partial charge in [-0.15, -0.1) is 0 Å². The van der Waals surface area contributed by atoms with E-state index in [4.69, 9.17) is 11.5 Å². The largest absolute Gasteiger partial charge is 0.399 e. The molecule has 0 aliphatic carbocycles. The van der Waals surface area contributed by atoms with Crippen LogP contribution in [0.25, 0.3) is 0 Å². The molecule has 2 atom stereocenters. The summed E-state index contributed by atoms with van der Waals surface area (Å²) in [6.45, 7) is 3.49. The number of nitrogen functional groups attached to an aromatic ring is 1. The number of rotatable bonds is 5. The molecule has 4 nitrogen and oxygen atoms in total. The predicted molar refractivity (Wildman–Crippen MR) is 71.3 cm³/mol. The fourth-order valence-corrected chi connectivity index (χ4v) is 3.42. The van der Waals surface area contributed by atoms with Crippen LogP contribution >= 0.6 is 0 Å². The van der Waals surface area contributed by atoms with Gasteiger partial charge in [0, 0.05) is 17.5 Å². The summed E-state index contributed by atoms with van der Waals surface area (Å²) in [7, 11) is -3.12. The van der Waals surface area contributed by atoms with Crippen molar-refractivity contribution in [2.75, 3.05) is 11.5 Å². The molecular formula is C12H20N2O2S. The van der Waals surface area contributed by atoms with Crippen LogP contribution in [0.4, 0.5) is 5.69 Å². The van der Waals surface area contributed by atoms with Gasteiger partial charge in [0.1, 0.15) is 0 Å². The quantitative estimate of drug-likeness (QED) is 0.781. The van der Waals surface area contributed by atoms with E-state index in [1.54, 1.807) is 31.2 Å². The number of anilines is 1. The standard InChI is InChI=1S/C12H20N2O2S/c1-3-11(17(15,16)4-2)12(14)9-5-7-10(13)8-6-9/h5-8,11-12H,3-4,13-14H2,1-2H3/t11-,12-/m1/s1. The first-order valence-electron chi connectivity index (χ1n) is 5.75. The van der Waals surface area contributed by atoms with Crippen LogP contribution in [0.5, 0.6) is 0 Å². The Morgan fingerprint density at radius 2 is 1.71 bits per heavy atom. The van der Waals surface area contributed by atoms with E-state index in [1.165, 1.54) is 0 Å². The zero-order valence-corrected chi connectivity index (χ0v) is 11.1. The number of sulfone groups is 1. The van der Waals surface area contributed by atoms with E-state index in [1.807, 2.05) is 6.92 Å². The van der Waals surface area contributed by atoms with Crippen molar-refractivity contribution in [1.82, 2.24) is 0 Å². The summed E-state index contributed by atoms with van der Waals surface area (Å²) in [5.41, 5.74) is 13.1. The SMILES string of the molecule is CC[C@H]([C@H](N)c1ccc(N)cc1)S(=O)(=O)CC. The molecule has 0 unspecified atom stereocenters. The highest BCUT2D eigenvalue weighted by atomic mass is 32.2. The van der Waals surface area contributed by atoms with Gasteiger partial charge in [0.2, 0.25) is 0 Å². The molecule has 96 valence electrons. The van der Waals surface area contributed by atoms with Crippen LogP contribution < -0.4 is 11.5 Å². The molecule has 0 radical (unpaired) electrons. The minimum absolute atomic E-state index is 0.119. The first kappa shape index (κ1) is 14.0. The molecule has 0 aromatic heterocycles. The molecule has 17 heavy (non-hydrogen) atoms. The molecule has 0 aliphatic heterocycles. The molecule has 5 heteroatoms. The summed E-state index contributed by atoms with van der Waals surface area (Å²) in [4.78, 5) is 0. The Morgan fingerprint density at radius 1 is 1.18 bits per heavy atom. The fourth-order valence-electron chi connectivity index (χ4n) is 1.88. The van der Waals surface area contributed by atoms with Crippen LogP contribution in [0, 0.1) is 0 Å². The second-order valence-corrected chi connectivity index (χ2v) is 6.60. The summed E-state index contributed by atoms with van der Waals surface area (Å²) < 4.78 is 23.8. The van der Waals surface area contributed by atoms with E-state index >= 15 is 0 Å². The van der Waals surface area contributed by atoms with E-state index in [-0.39, 0.29) is 5.75 Å². The summed E-state index contributed by atoms with van der Waals surface area (Å²) in [6, 6.07) is 6.55. The molecule has 0 spiro atoms. The third-order valence-corrected chi connectivity index (χ3v) is 5.34. The lowest BCUT2D eigenvalue weighted by molar-refractivity contribution is 0.549. The van der Waals surface area contributed by atoms with Crippen LogP contribution in [0.15, 0.2) is 24.3 Å². The zero-order valence-electron chi connectivity index (χ0n) is 10.3. The Labute approximate surface area is 103 Å². The average Bonchev–Trinajstić information content (AvgIpc) is 2.30. The summed E-state index contributed by atoms with van der Waals surface area (Å²) in [5, 5.41) is -0.531. The molecule has 0 saturated heterocycles. The van der Waals surface area contributed by atoms with Gasteiger partial charge in [0.15, 0.2) is 9.84 Å². The van der Waals surface area contributed by atoms with Gasteiger partial charge in [-0.3, -0.25) is 0 Å². The second-order valence-electron chi connectivity index (χ2n) is 4.09. The lowest BCUT2D eigenvalue weighted by atomic mass is 10.0. The number of benzene rings is 1. The van der Waals surface area contributed by atoms with Crippen molar-refractivity contribution in [3.05, 3.63) is 29.8 Å². The minimum Gasteiger partial charge on any atom is -0.399 e. The average molecular weight is 256 g/mol. The minimum atomic E-state index is -3.12. The molecule has 0 bridgehead atoms. The normalized spacial score (nSPS) is 15.5. The van der Waals surface area contributed by atoms with Crippen molar-refractivity contribution >= 4 is 15.5 Å². The predicted octanol–water partition coefficient (Wildman–Crippen LogP) is 1.48. The highest BCUT2D eigenvalue weighted by Crippen LogP contribution is 2.23. The molecular weight excluding hydrogens is 236 g/mol. The number of hydrogen-bond donors (Lipinski definition) is 2. The van der Waals surface area contributed by atoms with Crippen molar-refractivity contribution in [2.24, 2.45) is 5.73 Å². The first-order valence-corrected chi connectivity index (χ1v) is 7.46. The smallest absolute Gasteiger partial charge is 0.154 e. The fraction of sp³-hybridized carbons (Fsp3) is 0.500. The Bertz CT molecular complexity index is 454. The van der Waals surface area contributed by atoms with Crippen molar-refractivity contribution in [2.45, 2.75) is 31.6 Å². The zero-order chi connectivity index (χ0) is 13.1. The van der Waals surface area contributed by atoms with Gasteiger partial charge < -0.3 is 11.5 Å². The highest BCUT2D eigenvalue weighted by Gasteiger charge is 2.29. The van der Waals surface area contributed by atoms with Crippen molar-refractivity contribution in [3.8, 4) is 0 Å². The Kier molecular flexibility index (Phi) is 4.54. The lowest BCUT2D eigenvalue weighted by Crippen LogP contribution is -2.34. The van der Waals surface area contributed by atoms with Crippen molar-refractivity contribution in [1.29, 1.82) is 0 Å². The molecule has 1 rings (SSSR count). The van der Waals surface area contributed by atoms with E-state index in [0.29, 0.717) is 12.1 Å².